The van der Waals surface area contributed by atoms with E-state index in [9.17, 15) is 4.79 Å². The monoisotopic (exact) mass is 344 g/mol. The van der Waals surface area contributed by atoms with E-state index in [-0.39, 0.29) is 5.91 Å². The minimum atomic E-state index is -0.0828. The number of hydrogen-bond donors (Lipinski definition) is 1. The number of hydrazone groups is 1. The summed E-state index contributed by atoms with van der Waals surface area (Å²) in [6, 6.07) is 16.3. The lowest BCUT2D eigenvalue weighted by atomic mass is 10.1. The van der Waals surface area contributed by atoms with Gasteiger partial charge in [-0.3, -0.25) is 4.79 Å². The van der Waals surface area contributed by atoms with E-state index >= 15 is 0 Å². The summed E-state index contributed by atoms with van der Waals surface area (Å²) < 4.78 is 0. The molecule has 0 aliphatic rings. The molecular weight excluding hydrogens is 324 g/mol. The van der Waals surface area contributed by atoms with Gasteiger partial charge in [0.25, 0.3) is 0 Å². The number of carbonyl (C=O) groups excluding carboxylic acids is 1. The molecular formula is C18H20N2OS2. The molecule has 2 aromatic rings. The maximum atomic E-state index is 11.8. The van der Waals surface area contributed by atoms with Crippen molar-refractivity contribution in [2.45, 2.75) is 17.6 Å². The molecule has 0 heterocycles. The largest absolute Gasteiger partial charge is 0.272 e. The van der Waals surface area contributed by atoms with Gasteiger partial charge in [0, 0.05) is 10.6 Å². The number of benzene rings is 2. The molecule has 1 amide bonds. The summed E-state index contributed by atoms with van der Waals surface area (Å²) in [5, 5.41) is 4.00. The van der Waals surface area contributed by atoms with E-state index < -0.39 is 0 Å². The van der Waals surface area contributed by atoms with Crippen LogP contribution < -0.4 is 5.43 Å². The van der Waals surface area contributed by atoms with Gasteiger partial charge in [0.05, 0.1) is 12.0 Å². The van der Waals surface area contributed by atoms with E-state index in [2.05, 4.69) is 29.6 Å². The maximum absolute atomic E-state index is 11.8. The second kappa shape index (κ2) is 9.43. The van der Waals surface area contributed by atoms with Gasteiger partial charge >= 0.3 is 0 Å². The number of amides is 1. The fraction of sp³-hybridized carbons (Fsp3) is 0.222. The number of carbonyl (C=O) groups is 1. The number of hydrogen-bond acceptors (Lipinski definition) is 4. The van der Waals surface area contributed by atoms with Crippen LogP contribution in [0.4, 0.5) is 0 Å². The van der Waals surface area contributed by atoms with Crippen molar-refractivity contribution in [3.63, 3.8) is 0 Å². The molecule has 5 heteroatoms. The molecule has 2 aromatic carbocycles. The van der Waals surface area contributed by atoms with Gasteiger partial charge in [-0.2, -0.15) is 5.10 Å². The highest BCUT2D eigenvalue weighted by molar-refractivity contribution is 7.99. The van der Waals surface area contributed by atoms with Crippen molar-refractivity contribution in [3.05, 3.63) is 65.2 Å². The van der Waals surface area contributed by atoms with E-state index in [1.807, 2.05) is 42.7 Å². The Morgan fingerprint density at radius 1 is 1.17 bits per heavy atom. The lowest BCUT2D eigenvalue weighted by Crippen LogP contribution is -2.19. The highest BCUT2D eigenvalue weighted by atomic mass is 32.2. The molecule has 0 saturated heterocycles. The summed E-state index contributed by atoms with van der Waals surface area (Å²) >= 11 is 3.29. The average molecular weight is 345 g/mol. The predicted octanol–water partition coefficient (Wildman–Crippen LogP) is 4.10. The normalized spacial score (nSPS) is 10.9. The fourth-order valence-electron chi connectivity index (χ4n) is 1.93. The Morgan fingerprint density at radius 2 is 1.91 bits per heavy atom. The summed E-state index contributed by atoms with van der Waals surface area (Å²) in [6.45, 7) is 2.09. The van der Waals surface area contributed by atoms with Crippen molar-refractivity contribution in [2.75, 3.05) is 12.0 Å². The van der Waals surface area contributed by atoms with Gasteiger partial charge in [0.15, 0.2) is 0 Å². The number of nitrogens with zero attached hydrogens (tertiary/aromatic N) is 1. The van der Waals surface area contributed by atoms with Crippen molar-refractivity contribution in [1.29, 1.82) is 0 Å². The molecule has 0 aromatic heterocycles. The summed E-state index contributed by atoms with van der Waals surface area (Å²) in [7, 11) is 0. The molecule has 120 valence electrons. The lowest BCUT2D eigenvalue weighted by Gasteiger charge is -2.04. The van der Waals surface area contributed by atoms with Crippen LogP contribution in [0.5, 0.6) is 0 Å². The van der Waals surface area contributed by atoms with E-state index in [1.54, 1.807) is 29.7 Å². The predicted molar refractivity (Wildman–Crippen MR) is 101 cm³/mol. The molecule has 23 heavy (non-hydrogen) atoms. The van der Waals surface area contributed by atoms with Crippen LogP contribution in [0.15, 0.2) is 58.5 Å². The second-order valence-electron chi connectivity index (χ2n) is 4.99. The van der Waals surface area contributed by atoms with Crippen molar-refractivity contribution in [1.82, 2.24) is 5.43 Å². The van der Waals surface area contributed by atoms with Crippen molar-refractivity contribution >= 4 is 35.6 Å². The zero-order valence-corrected chi connectivity index (χ0v) is 14.9. The molecule has 0 fully saturated rings. The summed E-state index contributed by atoms with van der Waals surface area (Å²) in [5.74, 6) is 1.15. The Morgan fingerprint density at radius 3 is 2.61 bits per heavy atom. The molecule has 0 aliphatic heterocycles. The summed E-state index contributed by atoms with van der Waals surface area (Å²) in [6.07, 6.45) is 3.70. The van der Waals surface area contributed by atoms with Gasteiger partial charge in [-0.15, -0.1) is 23.5 Å². The van der Waals surface area contributed by atoms with E-state index in [0.29, 0.717) is 5.75 Å². The molecule has 0 unspecified atom stereocenters. The molecule has 0 atom stereocenters. The van der Waals surface area contributed by atoms with Gasteiger partial charge in [-0.25, -0.2) is 5.43 Å². The Bertz CT molecular complexity index is 669. The maximum Gasteiger partial charge on any atom is 0.250 e. The smallest absolute Gasteiger partial charge is 0.250 e. The summed E-state index contributed by atoms with van der Waals surface area (Å²) in [4.78, 5) is 13.0. The Hall–Kier alpha value is -1.72. The second-order valence-corrected chi connectivity index (χ2v) is 6.85. The minimum Gasteiger partial charge on any atom is -0.272 e. The first-order valence-corrected chi connectivity index (χ1v) is 9.65. The van der Waals surface area contributed by atoms with Gasteiger partial charge in [-0.1, -0.05) is 36.4 Å². The molecule has 1 N–H and O–H groups in total. The first kappa shape index (κ1) is 17.6. The molecule has 0 saturated carbocycles. The third kappa shape index (κ3) is 6.12. The molecule has 3 nitrogen and oxygen atoms in total. The fourth-order valence-corrected chi connectivity index (χ4v) is 3.23. The van der Waals surface area contributed by atoms with E-state index in [0.717, 1.165) is 11.3 Å². The Balaban J connectivity index is 1.72. The van der Waals surface area contributed by atoms with Crippen LogP contribution in [-0.2, 0) is 10.5 Å². The topological polar surface area (TPSA) is 41.5 Å². The van der Waals surface area contributed by atoms with Crippen LogP contribution in [0.25, 0.3) is 0 Å². The van der Waals surface area contributed by atoms with E-state index in [1.165, 1.54) is 16.0 Å². The minimum absolute atomic E-state index is 0.0828. The standard InChI is InChI=1S/C18H20N2OS2/c1-14-5-3-4-6-16(14)12-23-13-18(21)20-19-11-15-7-9-17(22-2)10-8-15/h3-11H,12-13H2,1-2H3,(H,20,21)/b19-11+. The van der Waals surface area contributed by atoms with Crippen LogP contribution in [-0.4, -0.2) is 24.1 Å². The van der Waals surface area contributed by atoms with Crippen LogP contribution in [0, 0.1) is 6.92 Å². The highest BCUT2D eigenvalue weighted by Gasteiger charge is 2.02. The van der Waals surface area contributed by atoms with Gasteiger partial charge in [0.1, 0.15) is 0 Å². The van der Waals surface area contributed by atoms with Crippen LogP contribution in [0.2, 0.25) is 0 Å². The Labute approximate surface area is 146 Å². The van der Waals surface area contributed by atoms with Crippen LogP contribution >= 0.6 is 23.5 Å². The molecule has 0 aliphatic carbocycles. The first-order valence-electron chi connectivity index (χ1n) is 7.27. The van der Waals surface area contributed by atoms with Crippen LogP contribution in [0.3, 0.4) is 0 Å². The first-order chi connectivity index (χ1) is 11.2. The number of rotatable bonds is 7. The molecule has 0 spiro atoms. The highest BCUT2D eigenvalue weighted by Crippen LogP contribution is 2.15. The average Bonchev–Trinajstić information content (AvgIpc) is 2.57. The summed E-state index contributed by atoms with van der Waals surface area (Å²) in [5.41, 5.74) is 6.06. The zero-order chi connectivity index (χ0) is 16.5. The molecule has 2 rings (SSSR count). The molecule has 0 radical (unpaired) electrons. The van der Waals surface area contributed by atoms with Gasteiger partial charge in [0.2, 0.25) is 5.91 Å². The Kier molecular flexibility index (Phi) is 7.23. The van der Waals surface area contributed by atoms with Gasteiger partial charge in [-0.05, 0) is 42.0 Å². The molecule has 0 bridgehead atoms. The third-order valence-electron chi connectivity index (χ3n) is 3.27. The van der Waals surface area contributed by atoms with Crippen LogP contribution in [0.1, 0.15) is 16.7 Å². The number of thioether (sulfide) groups is 2. The number of aryl methyl sites for hydroxylation is 1. The zero-order valence-electron chi connectivity index (χ0n) is 13.3. The van der Waals surface area contributed by atoms with Crippen molar-refractivity contribution in [2.24, 2.45) is 5.10 Å². The number of nitrogens with one attached hydrogen (secondary N) is 1. The van der Waals surface area contributed by atoms with Crippen molar-refractivity contribution < 1.29 is 4.79 Å². The van der Waals surface area contributed by atoms with Gasteiger partial charge < -0.3 is 0 Å². The third-order valence-corrected chi connectivity index (χ3v) is 5.00. The van der Waals surface area contributed by atoms with Crippen molar-refractivity contribution in [3.8, 4) is 0 Å². The lowest BCUT2D eigenvalue weighted by molar-refractivity contribution is -0.118. The SMILES string of the molecule is CSc1ccc(/C=N/NC(=O)CSCc2ccccc2C)cc1. The van der Waals surface area contributed by atoms with E-state index in [4.69, 9.17) is 0 Å². The quantitative estimate of drug-likeness (QED) is 0.467.